The lowest BCUT2D eigenvalue weighted by molar-refractivity contribution is 0.0252. The summed E-state index contributed by atoms with van der Waals surface area (Å²) in [7, 11) is 0. The Bertz CT molecular complexity index is 359. The third-order valence-electron chi connectivity index (χ3n) is 4.00. The minimum Gasteiger partial charge on any atom is -0.494 e. The van der Waals surface area contributed by atoms with E-state index in [1.54, 1.807) is 0 Å². The lowest BCUT2D eigenvalue weighted by atomic mass is 9.94. The fourth-order valence-corrected chi connectivity index (χ4v) is 2.79. The highest BCUT2D eigenvalue weighted by Gasteiger charge is 2.26. The van der Waals surface area contributed by atoms with Crippen LogP contribution in [0.3, 0.4) is 0 Å². The first kappa shape index (κ1) is 15.3. The van der Waals surface area contributed by atoms with E-state index in [2.05, 4.69) is 5.32 Å². The van der Waals surface area contributed by atoms with E-state index in [0.717, 1.165) is 57.6 Å². The fraction of sp³-hybridized carbons (Fsp3) is 0.647. The van der Waals surface area contributed by atoms with Crippen molar-refractivity contribution in [3.63, 3.8) is 0 Å². The first-order valence-corrected chi connectivity index (χ1v) is 7.89. The number of aliphatic hydroxyl groups is 1. The van der Waals surface area contributed by atoms with Gasteiger partial charge < -0.3 is 15.2 Å². The molecule has 3 heteroatoms. The van der Waals surface area contributed by atoms with Gasteiger partial charge in [0.1, 0.15) is 5.75 Å². The molecule has 2 N–H and O–H groups in total. The van der Waals surface area contributed by atoms with Crippen LogP contribution >= 0.6 is 0 Å². The molecule has 0 radical (unpaired) electrons. The summed E-state index contributed by atoms with van der Waals surface area (Å²) in [4.78, 5) is 0. The predicted molar refractivity (Wildman–Crippen MR) is 82.1 cm³/mol. The number of para-hydroxylation sites is 1. The highest BCUT2D eigenvalue weighted by Crippen LogP contribution is 2.26. The number of hydrogen-bond acceptors (Lipinski definition) is 3. The molecule has 0 amide bonds. The van der Waals surface area contributed by atoms with Crippen LogP contribution in [0, 0.1) is 0 Å². The maximum Gasteiger partial charge on any atom is 0.119 e. The first-order valence-electron chi connectivity index (χ1n) is 7.89. The van der Waals surface area contributed by atoms with Crippen molar-refractivity contribution in [1.29, 1.82) is 0 Å². The summed E-state index contributed by atoms with van der Waals surface area (Å²) >= 11 is 0. The van der Waals surface area contributed by atoms with Gasteiger partial charge in [-0.1, -0.05) is 43.9 Å². The standard InChI is InChI=1S/C17H27NO2/c19-17(11-6-1-2-7-12-17)15-18-13-8-14-20-16-9-4-3-5-10-16/h3-5,9-10,18-19H,1-2,6-8,11-15H2. The van der Waals surface area contributed by atoms with Crippen LogP contribution in [0.25, 0.3) is 0 Å². The average molecular weight is 277 g/mol. The van der Waals surface area contributed by atoms with Gasteiger partial charge in [-0.3, -0.25) is 0 Å². The SMILES string of the molecule is OC1(CNCCCOc2ccccc2)CCCCCC1. The smallest absolute Gasteiger partial charge is 0.119 e. The molecule has 1 saturated carbocycles. The van der Waals surface area contributed by atoms with Crippen LogP contribution in [-0.2, 0) is 0 Å². The molecule has 0 atom stereocenters. The average Bonchev–Trinajstić information content (AvgIpc) is 2.69. The summed E-state index contributed by atoms with van der Waals surface area (Å²) in [5.41, 5.74) is -0.475. The fourth-order valence-electron chi connectivity index (χ4n) is 2.79. The van der Waals surface area contributed by atoms with Crippen molar-refractivity contribution in [2.45, 2.75) is 50.5 Å². The zero-order valence-electron chi connectivity index (χ0n) is 12.3. The van der Waals surface area contributed by atoms with Crippen LogP contribution in [0.15, 0.2) is 30.3 Å². The molecule has 0 spiro atoms. The minimum atomic E-state index is -0.475. The molecular formula is C17H27NO2. The highest BCUT2D eigenvalue weighted by molar-refractivity contribution is 5.20. The summed E-state index contributed by atoms with van der Waals surface area (Å²) in [6.45, 7) is 2.34. The van der Waals surface area contributed by atoms with Gasteiger partial charge in [-0.2, -0.15) is 0 Å². The second-order valence-electron chi connectivity index (χ2n) is 5.83. The Morgan fingerprint density at radius 3 is 2.45 bits per heavy atom. The number of ether oxygens (including phenoxy) is 1. The number of benzene rings is 1. The molecule has 1 aliphatic carbocycles. The summed E-state index contributed by atoms with van der Waals surface area (Å²) in [6, 6.07) is 9.90. The van der Waals surface area contributed by atoms with E-state index >= 15 is 0 Å². The third kappa shape index (κ3) is 5.51. The Labute approximate surface area is 122 Å². The van der Waals surface area contributed by atoms with E-state index < -0.39 is 5.60 Å². The quantitative estimate of drug-likeness (QED) is 0.594. The van der Waals surface area contributed by atoms with Crippen molar-refractivity contribution in [1.82, 2.24) is 5.32 Å². The monoisotopic (exact) mass is 277 g/mol. The van der Waals surface area contributed by atoms with E-state index in [0.29, 0.717) is 0 Å². The van der Waals surface area contributed by atoms with E-state index in [1.807, 2.05) is 30.3 Å². The largest absolute Gasteiger partial charge is 0.494 e. The molecule has 0 aliphatic heterocycles. The Morgan fingerprint density at radius 2 is 1.75 bits per heavy atom. The zero-order chi connectivity index (χ0) is 14.1. The van der Waals surface area contributed by atoms with Gasteiger partial charge in [0.2, 0.25) is 0 Å². The van der Waals surface area contributed by atoms with Crippen molar-refractivity contribution in [2.75, 3.05) is 19.7 Å². The van der Waals surface area contributed by atoms with Gasteiger partial charge in [0.05, 0.1) is 12.2 Å². The molecule has 1 aromatic rings. The number of hydrogen-bond donors (Lipinski definition) is 2. The van der Waals surface area contributed by atoms with Crippen LogP contribution in [0.2, 0.25) is 0 Å². The van der Waals surface area contributed by atoms with E-state index in [1.165, 1.54) is 12.8 Å². The lowest BCUT2D eigenvalue weighted by Crippen LogP contribution is -2.40. The maximum atomic E-state index is 10.5. The van der Waals surface area contributed by atoms with Crippen LogP contribution in [0.1, 0.15) is 44.9 Å². The van der Waals surface area contributed by atoms with Crippen molar-refractivity contribution < 1.29 is 9.84 Å². The zero-order valence-corrected chi connectivity index (χ0v) is 12.3. The minimum absolute atomic E-state index is 0.475. The second-order valence-corrected chi connectivity index (χ2v) is 5.83. The molecule has 0 heterocycles. The summed E-state index contributed by atoms with van der Waals surface area (Å²) in [6.07, 6.45) is 7.72. The van der Waals surface area contributed by atoms with Crippen molar-refractivity contribution in [2.24, 2.45) is 0 Å². The molecule has 0 saturated heterocycles. The second kappa shape index (κ2) is 8.28. The highest BCUT2D eigenvalue weighted by atomic mass is 16.5. The van der Waals surface area contributed by atoms with Crippen LogP contribution in [-0.4, -0.2) is 30.4 Å². The summed E-state index contributed by atoms with van der Waals surface area (Å²) in [5, 5.41) is 13.9. The van der Waals surface area contributed by atoms with E-state index in [-0.39, 0.29) is 0 Å². The molecule has 1 aliphatic rings. The lowest BCUT2D eigenvalue weighted by Gasteiger charge is -2.27. The summed E-state index contributed by atoms with van der Waals surface area (Å²) < 4.78 is 5.64. The number of nitrogens with one attached hydrogen (secondary N) is 1. The Morgan fingerprint density at radius 1 is 1.05 bits per heavy atom. The Hall–Kier alpha value is -1.06. The van der Waals surface area contributed by atoms with Crippen LogP contribution in [0.4, 0.5) is 0 Å². The molecule has 0 unspecified atom stereocenters. The molecular weight excluding hydrogens is 250 g/mol. The molecule has 3 nitrogen and oxygen atoms in total. The molecule has 2 rings (SSSR count). The molecule has 1 fully saturated rings. The molecule has 0 aromatic heterocycles. The van der Waals surface area contributed by atoms with Gasteiger partial charge in [-0.15, -0.1) is 0 Å². The van der Waals surface area contributed by atoms with Gasteiger partial charge in [0.15, 0.2) is 0 Å². The maximum absolute atomic E-state index is 10.5. The van der Waals surface area contributed by atoms with Gasteiger partial charge >= 0.3 is 0 Å². The van der Waals surface area contributed by atoms with Crippen LogP contribution in [0.5, 0.6) is 5.75 Å². The third-order valence-corrected chi connectivity index (χ3v) is 4.00. The van der Waals surface area contributed by atoms with Crippen molar-refractivity contribution in [3.8, 4) is 5.75 Å². The molecule has 0 bridgehead atoms. The normalized spacial score (nSPS) is 18.4. The molecule has 1 aromatic carbocycles. The Balaban J connectivity index is 1.55. The van der Waals surface area contributed by atoms with Gasteiger partial charge in [-0.05, 0) is 37.9 Å². The Kier molecular flexibility index (Phi) is 6.34. The molecule has 112 valence electrons. The van der Waals surface area contributed by atoms with Gasteiger partial charge in [-0.25, -0.2) is 0 Å². The van der Waals surface area contributed by atoms with Crippen molar-refractivity contribution >= 4 is 0 Å². The molecule has 20 heavy (non-hydrogen) atoms. The summed E-state index contributed by atoms with van der Waals surface area (Å²) in [5.74, 6) is 0.926. The van der Waals surface area contributed by atoms with E-state index in [4.69, 9.17) is 4.74 Å². The van der Waals surface area contributed by atoms with Gasteiger partial charge in [0.25, 0.3) is 0 Å². The van der Waals surface area contributed by atoms with E-state index in [9.17, 15) is 5.11 Å². The van der Waals surface area contributed by atoms with Crippen LogP contribution < -0.4 is 10.1 Å². The van der Waals surface area contributed by atoms with Gasteiger partial charge in [0, 0.05) is 6.54 Å². The topological polar surface area (TPSA) is 41.5 Å². The van der Waals surface area contributed by atoms with Crippen molar-refractivity contribution in [3.05, 3.63) is 30.3 Å². The predicted octanol–water partition coefficient (Wildman–Crippen LogP) is 3.13. The first-order chi connectivity index (χ1) is 9.79. The number of rotatable bonds is 7.